The van der Waals surface area contributed by atoms with Crippen LogP contribution in [-0.2, 0) is 22.9 Å². The number of hydrogen-bond acceptors (Lipinski definition) is 4. The van der Waals surface area contributed by atoms with Gasteiger partial charge in [0.2, 0.25) is 0 Å². The molecular formula is C17H25N3O2S. The minimum atomic E-state index is -2.94. The number of sulfone groups is 1. The second kappa shape index (κ2) is 6.61. The van der Waals surface area contributed by atoms with Crippen molar-refractivity contribution < 1.29 is 8.42 Å². The van der Waals surface area contributed by atoms with Crippen LogP contribution in [0.2, 0.25) is 0 Å². The highest BCUT2D eigenvalue weighted by atomic mass is 32.2. The highest BCUT2D eigenvalue weighted by molar-refractivity contribution is 7.92. The van der Waals surface area contributed by atoms with Crippen LogP contribution in [0.3, 0.4) is 0 Å². The van der Waals surface area contributed by atoms with Gasteiger partial charge in [-0.05, 0) is 38.4 Å². The minimum absolute atomic E-state index is 0.234. The molecule has 1 atom stereocenters. The van der Waals surface area contributed by atoms with Crippen LogP contribution in [0.5, 0.6) is 0 Å². The quantitative estimate of drug-likeness (QED) is 0.861. The molecule has 0 unspecified atom stereocenters. The maximum Gasteiger partial charge on any atom is 0.154 e. The van der Waals surface area contributed by atoms with Crippen LogP contribution in [0.25, 0.3) is 11.0 Å². The lowest BCUT2D eigenvalue weighted by molar-refractivity contribution is 0.272. The first-order valence-electron chi connectivity index (χ1n) is 8.39. The Balaban J connectivity index is 1.85. The normalized spacial score (nSPS) is 22.3. The van der Waals surface area contributed by atoms with E-state index in [-0.39, 0.29) is 11.0 Å². The first-order valence-corrected chi connectivity index (χ1v) is 10.1. The summed E-state index contributed by atoms with van der Waals surface area (Å²) >= 11 is 0. The molecule has 1 fully saturated rings. The molecule has 1 saturated heterocycles. The first-order chi connectivity index (χ1) is 11.0. The van der Waals surface area contributed by atoms with Gasteiger partial charge in [-0.15, -0.1) is 0 Å². The van der Waals surface area contributed by atoms with Crippen LogP contribution in [0.15, 0.2) is 24.3 Å². The Hall–Kier alpha value is -1.40. The van der Waals surface area contributed by atoms with Crippen molar-refractivity contribution in [2.75, 3.05) is 18.8 Å². The van der Waals surface area contributed by atoms with E-state index >= 15 is 0 Å². The van der Waals surface area contributed by atoms with E-state index in [0.29, 0.717) is 13.0 Å². The van der Waals surface area contributed by atoms with Crippen LogP contribution >= 0.6 is 0 Å². The van der Waals surface area contributed by atoms with Crippen molar-refractivity contribution in [2.45, 2.75) is 45.0 Å². The van der Waals surface area contributed by atoms with Gasteiger partial charge in [0.25, 0.3) is 0 Å². The molecule has 1 aromatic heterocycles. The fraction of sp³-hybridized carbons (Fsp3) is 0.588. The second-order valence-corrected chi connectivity index (χ2v) is 8.95. The largest absolute Gasteiger partial charge is 0.327 e. The fourth-order valence-electron chi connectivity index (χ4n) is 3.19. The third-order valence-electron chi connectivity index (χ3n) is 4.70. The van der Waals surface area contributed by atoms with Crippen LogP contribution in [0, 0.1) is 0 Å². The summed E-state index contributed by atoms with van der Waals surface area (Å²) in [6, 6.07) is 8.20. The van der Waals surface area contributed by atoms with E-state index in [0.717, 1.165) is 37.4 Å². The van der Waals surface area contributed by atoms with Crippen LogP contribution < -0.4 is 0 Å². The predicted molar refractivity (Wildman–Crippen MR) is 93.2 cm³/mol. The molecule has 0 spiro atoms. The van der Waals surface area contributed by atoms with Gasteiger partial charge >= 0.3 is 0 Å². The molecule has 1 aromatic carbocycles. The summed E-state index contributed by atoms with van der Waals surface area (Å²) in [5, 5.41) is -0.234. The highest BCUT2D eigenvalue weighted by Gasteiger charge is 2.27. The van der Waals surface area contributed by atoms with E-state index in [4.69, 9.17) is 4.98 Å². The maximum absolute atomic E-state index is 12.1. The number of imidazole rings is 1. The van der Waals surface area contributed by atoms with Crippen molar-refractivity contribution >= 4 is 20.9 Å². The van der Waals surface area contributed by atoms with Crippen molar-refractivity contribution in [2.24, 2.45) is 0 Å². The zero-order chi connectivity index (χ0) is 16.4. The lowest BCUT2D eigenvalue weighted by Crippen LogP contribution is -2.28. The molecule has 3 rings (SSSR count). The topological polar surface area (TPSA) is 55.2 Å². The first kappa shape index (κ1) is 16.5. The van der Waals surface area contributed by atoms with E-state index in [1.54, 1.807) is 0 Å². The summed E-state index contributed by atoms with van der Waals surface area (Å²) in [6.07, 6.45) is 1.76. The fourth-order valence-corrected chi connectivity index (χ4v) is 4.57. The van der Waals surface area contributed by atoms with Crippen molar-refractivity contribution in [3.05, 3.63) is 30.1 Å². The van der Waals surface area contributed by atoms with Gasteiger partial charge in [0.15, 0.2) is 9.84 Å². The average Bonchev–Trinajstić information content (AvgIpc) is 2.81. The molecule has 0 aliphatic carbocycles. The summed E-state index contributed by atoms with van der Waals surface area (Å²) in [5.41, 5.74) is 2.19. The molecule has 2 aromatic rings. The van der Waals surface area contributed by atoms with E-state index in [9.17, 15) is 8.42 Å². The van der Waals surface area contributed by atoms with Gasteiger partial charge in [0.05, 0.1) is 28.6 Å². The molecule has 5 nitrogen and oxygen atoms in total. The Morgan fingerprint density at radius 3 is 2.83 bits per heavy atom. The lowest BCUT2D eigenvalue weighted by Gasteiger charge is -2.19. The molecule has 0 N–H and O–H groups in total. The zero-order valence-corrected chi connectivity index (χ0v) is 14.7. The molecule has 0 saturated carbocycles. The Kier molecular flexibility index (Phi) is 4.73. The summed E-state index contributed by atoms with van der Waals surface area (Å²) < 4.78 is 26.4. The van der Waals surface area contributed by atoms with Gasteiger partial charge in [-0.2, -0.15) is 0 Å². The van der Waals surface area contributed by atoms with Gasteiger partial charge in [0.1, 0.15) is 5.82 Å². The SMILES string of the molecule is CCCn1c(CN2CC[C@H](C)S(=O)(=O)CC2)nc2ccccc21. The Morgan fingerprint density at radius 2 is 2.04 bits per heavy atom. The van der Waals surface area contributed by atoms with Crippen LogP contribution in [0.1, 0.15) is 32.5 Å². The zero-order valence-electron chi connectivity index (χ0n) is 13.9. The van der Waals surface area contributed by atoms with Gasteiger partial charge in [-0.3, -0.25) is 4.90 Å². The van der Waals surface area contributed by atoms with E-state index < -0.39 is 9.84 Å². The van der Waals surface area contributed by atoms with E-state index in [1.165, 1.54) is 5.52 Å². The molecule has 6 heteroatoms. The third-order valence-corrected chi connectivity index (χ3v) is 6.92. The molecule has 0 radical (unpaired) electrons. The Bertz CT molecular complexity index is 782. The maximum atomic E-state index is 12.1. The number of aryl methyl sites for hydroxylation is 1. The third kappa shape index (κ3) is 3.43. The van der Waals surface area contributed by atoms with Gasteiger partial charge in [0, 0.05) is 13.1 Å². The highest BCUT2D eigenvalue weighted by Crippen LogP contribution is 2.20. The van der Waals surface area contributed by atoms with Crippen LogP contribution in [-0.4, -0.2) is 47.0 Å². The summed E-state index contributed by atoms with van der Waals surface area (Å²) in [4.78, 5) is 7.01. The lowest BCUT2D eigenvalue weighted by atomic mass is 10.3. The van der Waals surface area contributed by atoms with E-state index in [1.807, 2.05) is 25.1 Å². The monoisotopic (exact) mass is 335 g/mol. The number of para-hydroxylation sites is 2. The van der Waals surface area contributed by atoms with Crippen molar-refractivity contribution in [1.82, 2.24) is 14.5 Å². The number of rotatable bonds is 4. The minimum Gasteiger partial charge on any atom is -0.327 e. The molecule has 0 bridgehead atoms. The Labute approximate surface area is 138 Å². The number of benzene rings is 1. The molecular weight excluding hydrogens is 310 g/mol. The van der Waals surface area contributed by atoms with Crippen molar-refractivity contribution in [1.29, 1.82) is 0 Å². The van der Waals surface area contributed by atoms with Crippen molar-refractivity contribution in [3.63, 3.8) is 0 Å². The van der Waals surface area contributed by atoms with Gasteiger partial charge < -0.3 is 4.57 Å². The number of nitrogens with zero attached hydrogens (tertiary/aromatic N) is 3. The molecule has 0 amide bonds. The molecule has 2 heterocycles. The smallest absolute Gasteiger partial charge is 0.154 e. The van der Waals surface area contributed by atoms with Crippen LogP contribution in [0.4, 0.5) is 0 Å². The van der Waals surface area contributed by atoms with Crippen molar-refractivity contribution in [3.8, 4) is 0 Å². The molecule has 126 valence electrons. The summed E-state index contributed by atoms with van der Waals surface area (Å²) in [6.45, 7) is 7.07. The number of aromatic nitrogens is 2. The molecule has 1 aliphatic heterocycles. The van der Waals surface area contributed by atoms with Gasteiger partial charge in [-0.25, -0.2) is 13.4 Å². The standard InChI is InChI=1S/C17H25N3O2S/c1-3-9-20-16-7-5-4-6-15(16)18-17(20)13-19-10-8-14(2)23(21,22)12-11-19/h4-7,14H,3,8-13H2,1-2H3/t14-/m0/s1. The Morgan fingerprint density at radius 1 is 1.26 bits per heavy atom. The molecule has 23 heavy (non-hydrogen) atoms. The number of hydrogen-bond donors (Lipinski definition) is 0. The number of fused-ring (bicyclic) bond motifs is 1. The predicted octanol–water partition coefficient (Wildman–Crippen LogP) is 2.46. The average molecular weight is 335 g/mol. The summed E-state index contributed by atoms with van der Waals surface area (Å²) in [7, 11) is -2.94. The second-order valence-electron chi connectivity index (χ2n) is 6.41. The molecule has 1 aliphatic rings. The summed E-state index contributed by atoms with van der Waals surface area (Å²) in [5.74, 6) is 1.29. The van der Waals surface area contributed by atoms with Gasteiger partial charge in [-0.1, -0.05) is 19.1 Å². The van der Waals surface area contributed by atoms with E-state index in [2.05, 4.69) is 22.5 Å².